The van der Waals surface area contributed by atoms with Gasteiger partial charge in [-0.2, -0.15) is 4.99 Å². The van der Waals surface area contributed by atoms with E-state index in [9.17, 15) is 0 Å². The number of nitrogens with one attached hydrogen (secondary N) is 1. The Morgan fingerprint density at radius 3 is 2.71 bits per heavy atom. The van der Waals surface area contributed by atoms with E-state index in [1.165, 1.54) is 0 Å². The number of nitrogens with zero attached hydrogens (tertiary/aromatic N) is 3. The molecule has 0 bridgehead atoms. The molecular weight excluding hydrogens is 216 g/mol. The molecule has 0 spiro atoms. The van der Waals surface area contributed by atoms with Gasteiger partial charge in [-0.3, -0.25) is 10.4 Å². The minimum Gasteiger partial charge on any atom is -0.370 e. The SMILES string of the molecule is CC(C)N(Cc1cccnc1)C(=N)N=C(N)N. The number of pyridine rings is 1. The first-order valence-corrected chi connectivity index (χ1v) is 5.34. The molecule has 1 heterocycles. The Labute approximate surface area is 101 Å². The van der Waals surface area contributed by atoms with Gasteiger partial charge in [-0.1, -0.05) is 6.07 Å². The fourth-order valence-corrected chi connectivity index (χ4v) is 1.38. The molecule has 0 unspecified atom stereocenters. The number of aromatic nitrogens is 1. The first-order valence-electron chi connectivity index (χ1n) is 5.34. The molecule has 6 nitrogen and oxygen atoms in total. The largest absolute Gasteiger partial charge is 0.370 e. The number of aliphatic imine (C=N–C) groups is 1. The smallest absolute Gasteiger partial charge is 0.221 e. The molecule has 5 N–H and O–H groups in total. The number of hydrogen-bond donors (Lipinski definition) is 3. The van der Waals surface area contributed by atoms with Crippen LogP contribution in [-0.4, -0.2) is 27.8 Å². The van der Waals surface area contributed by atoms with Crippen LogP contribution in [0.5, 0.6) is 0 Å². The van der Waals surface area contributed by atoms with E-state index in [1.807, 2.05) is 26.0 Å². The molecular formula is C11H18N6. The van der Waals surface area contributed by atoms with Gasteiger partial charge in [-0.25, -0.2) is 0 Å². The predicted molar refractivity (Wildman–Crippen MR) is 68.5 cm³/mol. The molecule has 0 aliphatic rings. The van der Waals surface area contributed by atoms with Gasteiger partial charge >= 0.3 is 0 Å². The van der Waals surface area contributed by atoms with Crippen molar-refractivity contribution in [3.05, 3.63) is 30.1 Å². The zero-order valence-corrected chi connectivity index (χ0v) is 10.1. The van der Waals surface area contributed by atoms with Crippen molar-refractivity contribution in [3.63, 3.8) is 0 Å². The van der Waals surface area contributed by atoms with Crippen molar-refractivity contribution in [2.24, 2.45) is 16.5 Å². The van der Waals surface area contributed by atoms with Crippen molar-refractivity contribution in [1.29, 1.82) is 5.41 Å². The van der Waals surface area contributed by atoms with Crippen LogP contribution in [0, 0.1) is 5.41 Å². The summed E-state index contributed by atoms with van der Waals surface area (Å²) in [6.45, 7) is 4.52. The van der Waals surface area contributed by atoms with Gasteiger partial charge < -0.3 is 16.4 Å². The highest BCUT2D eigenvalue weighted by Gasteiger charge is 2.13. The van der Waals surface area contributed by atoms with Crippen molar-refractivity contribution in [3.8, 4) is 0 Å². The predicted octanol–water partition coefficient (Wildman–Crippen LogP) is 0.500. The summed E-state index contributed by atoms with van der Waals surface area (Å²) in [5, 5.41) is 7.81. The molecule has 0 radical (unpaired) electrons. The number of guanidine groups is 2. The van der Waals surface area contributed by atoms with Crippen LogP contribution in [0.1, 0.15) is 19.4 Å². The molecule has 1 aromatic rings. The van der Waals surface area contributed by atoms with E-state index in [1.54, 1.807) is 17.3 Å². The zero-order valence-electron chi connectivity index (χ0n) is 10.1. The van der Waals surface area contributed by atoms with Gasteiger partial charge in [0, 0.05) is 25.0 Å². The summed E-state index contributed by atoms with van der Waals surface area (Å²) in [6, 6.07) is 3.94. The maximum absolute atomic E-state index is 7.81. The Morgan fingerprint density at radius 1 is 1.53 bits per heavy atom. The third kappa shape index (κ3) is 4.10. The highest BCUT2D eigenvalue weighted by Crippen LogP contribution is 2.08. The van der Waals surface area contributed by atoms with Gasteiger partial charge in [0.1, 0.15) is 0 Å². The average molecular weight is 234 g/mol. The van der Waals surface area contributed by atoms with Crippen LogP contribution in [-0.2, 0) is 6.54 Å². The maximum Gasteiger partial charge on any atom is 0.221 e. The molecule has 1 rings (SSSR count). The minimum atomic E-state index is -0.105. The highest BCUT2D eigenvalue weighted by molar-refractivity contribution is 5.91. The summed E-state index contributed by atoms with van der Waals surface area (Å²) < 4.78 is 0. The lowest BCUT2D eigenvalue weighted by atomic mass is 10.2. The summed E-state index contributed by atoms with van der Waals surface area (Å²) in [6.07, 6.45) is 3.47. The lowest BCUT2D eigenvalue weighted by Gasteiger charge is -2.26. The lowest BCUT2D eigenvalue weighted by molar-refractivity contribution is 0.336. The van der Waals surface area contributed by atoms with E-state index in [0.717, 1.165) is 5.56 Å². The van der Waals surface area contributed by atoms with Crippen LogP contribution in [0.2, 0.25) is 0 Å². The Kier molecular flexibility index (Phi) is 4.45. The van der Waals surface area contributed by atoms with Gasteiger partial charge in [0.05, 0.1) is 0 Å². The molecule has 0 aromatic carbocycles. The normalized spacial score (nSPS) is 10.1. The van der Waals surface area contributed by atoms with Crippen LogP contribution in [0.4, 0.5) is 0 Å². The zero-order chi connectivity index (χ0) is 12.8. The van der Waals surface area contributed by atoms with Crippen molar-refractivity contribution in [2.75, 3.05) is 0 Å². The summed E-state index contributed by atoms with van der Waals surface area (Å²) in [4.78, 5) is 9.58. The summed E-state index contributed by atoms with van der Waals surface area (Å²) in [7, 11) is 0. The van der Waals surface area contributed by atoms with E-state index in [2.05, 4.69) is 9.98 Å². The van der Waals surface area contributed by atoms with Crippen LogP contribution < -0.4 is 11.5 Å². The topological polar surface area (TPSA) is 104 Å². The minimum absolute atomic E-state index is 0.0591. The third-order valence-corrected chi connectivity index (χ3v) is 2.21. The fourth-order valence-electron chi connectivity index (χ4n) is 1.38. The summed E-state index contributed by atoms with van der Waals surface area (Å²) >= 11 is 0. The molecule has 0 aliphatic carbocycles. The van der Waals surface area contributed by atoms with E-state index < -0.39 is 0 Å². The van der Waals surface area contributed by atoms with Gasteiger partial charge in [-0.05, 0) is 25.5 Å². The highest BCUT2D eigenvalue weighted by atomic mass is 15.3. The first-order chi connectivity index (χ1) is 8.00. The molecule has 0 fully saturated rings. The molecule has 92 valence electrons. The Bertz CT molecular complexity index is 394. The summed E-state index contributed by atoms with van der Waals surface area (Å²) in [5.74, 6) is -0.0457. The monoisotopic (exact) mass is 234 g/mol. The maximum atomic E-state index is 7.81. The lowest BCUT2D eigenvalue weighted by Crippen LogP contribution is -2.37. The third-order valence-electron chi connectivity index (χ3n) is 2.21. The molecule has 6 heteroatoms. The second-order valence-electron chi connectivity index (χ2n) is 3.94. The Balaban J connectivity index is 2.81. The van der Waals surface area contributed by atoms with Crippen LogP contribution >= 0.6 is 0 Å². The molecule has 0 atom stereocenters. The molecule has 0 aliphatic heterocycles. The van der Waals surface area contributed by atoms with Crippen molar-refractivity contribution in [1.82, 2.24) is 9.88 Å². The second-order valence-corrected chi connectivity index (χ2v) is 3.94. The van der Waals surface area contributed by atoms with Gasteiger partial charge in [-0.15, -0.1) is 0 Å². The molecule has 1 aromatic heterocycles. The van der Waals surface area contributed by atoms with E-state index in [0.29, 0.717) is 6.54 Å². The fraction of sp³-hybridized carbons (Fsp3) is 0.364. The van der Waals surface area contributed by atoms with Crippen LogP contribution in [0.3, 0.4) is 0 Å². The van der Waals surface area contributed by atoms with Crippen LogP contribution in [0.25, 0.3) is 0 Å². The first kappa shape index (κ1) is 13.0. The van der Waals surface area contributed by atoms with Gasteiger partial charge in [0.15, 0.2) is 5.96 Å². The van der Waals surface area contributed by atoms with Crippen molar-refractivity contribution in [2.45, 2.75) is 26.4 Å². The molecule has 0 amide bonds. The second kappa shape index (κ2) is 5.83. The Morgan fingerprint density at radius 2 is 2.24 bits per heavy atom. The van der Waals surface area contributed by atoms with E-state index in [-0.39, 0.29) is 18.0 Å². The van der Waals surface area contributed by atoms with Crippen molar-refractivity contribution < 1.29 is 0 Å². The van der Waals surface area contributed by atoms with E-state index in [4.69, 9.17) is 16.9 Å². The van der Waals surface area contributed by atoms with Crippen molar-refractivity contribution >= 4 is 11.9 Å². The number of hydrogen-bond acceptors (Lipinski definition) is 2. The average Bonchev–Trinajstić information content (AvgIpc) is 2.25. The molecule has 0 saturated heterocycles. The van der Waals surface area contributed by atoms with Crippen LogP contribution in [0.15, 0.2) is 29.5 Å². The quantitative estimate of drug-likeness (QED) is 0.523. The standard InChI is InChI=1S/C11H18N6/c1-8(2)17(11(14)16-10(12)13)7-9-4-3-5-15-6-9/h3-6,8H,7H2,1-2H3,(H5,12,13,14,16). The number of nitrogens with two attached hydrogens (primary N) is 2. The van der Waals surface area contributed by atoms with Gasteiger partial charge in [0.2, 0.25) is 5.96 Å². The molecule has 0 saturated carbocycles. The van der Waals surface area contributed by atoms with Gasteiger partial charge in [0.25, 0.3) is 0 Å². The number of rotatable bonds is 3. The molecule has 17 heavy (non-hydrogen) atoms. The Hall–Kier alpha value is -2.11. The summed E-state index contributed by atoms with van der Waals surface area (Å²) in [5.41, 5.74) is 11.6. The van der Waals surface area contributed by atoms with E-state index >= 15 is 0 Å².